The number of carboxylic acids is 1. The Morgan fingerprint density at radius 1 is 1.28 bits per heavy atom. The van der Waals surface area contributed by atoms with Crippen LogP contribution in [0.1, 0.15) is 5.56 Å². The van der Waals surface area contributed by atoms with Crippen molar-refractivity contribution in [3.63, 3.8) is 0 Å². The molecule has 0 saturated carbocycles. The van der Waals surface area contributed by atoms with E-state index in [1.807, 2.05) is 0 Å². The Kier molecular flexibility index (Phi) is 3.08. The molecule has 0 spiro atoms. The molecule has 1 aromatic carbocycles. The van der Waals surface area contributed by atoms with Crippen LogP contribution in [0.3, 0.4) is 0 Å². The van der Waals surface area contributed by atoms with Crippen LogP contribution in [-0.4, -0.2) is 17.0 Å². The molecule has 0 aromatic heterocycles. The average Bonchev–Trinajstić information content (AvgIpc) is 2.38. The van der Waals surface area contributed by atoms with Gasteiger partial charge >= 0.3 is 5.97 Å². The summed E-state index contributed by atoms with van der Waals surface area (Å²) in [6.07, 6.45) is 2.76. The Hall–Kier alpha value is -2.65. The molecule has 0 radical (unpaired) electrons. The summed E-state index contributed by atoms with van der Waals surface area (Å²) in [5.74, 6) is 0.0367. The van der Waals surface area contributed by atoms with Gasteiger partial charge < -0.3 is 10.4 Å². The highest BCUT2D eigenvalue weighted by Gasteiger charge is 2.21. The van der Waals surface area contributed by atoms with Crippen LogP contribution in [0.25, 0.3) is 5.57 Å². The number of dihydropyridines is 1. The summed E-state index contributed by atoms with van der Waals surface area (Å²) in [5, 5.41) is 11.6. The number of carboxylic acid groups (broad SMARTS) is 1. The number of rotatable bonds is 2. The highest BCUT2D eigenvalue weighted by molar-refractivity contribution is 6.04. The Balaban J connectivity index is 2.64. The van der Waals surface area contributed by atoms with E-state index in [4.69, 9.17) is 5.11 Å². The van der Waals surface area contributed by atoms with Gasteiger partial charge in [-0.2, -0.15) is 0 Å². The summed E-state index contributed by atoms with van der Waals surface area (Å²) in [7, 11) is 0. The molecule has 0 fully saturated rings. The zero-order valence-electron chi connectivity index (χ0n) is 9.11. The molecule has 2 N–H and O–H groups in total. The van der Waals surface area contributed by atoms with Crippen molar-refractivity contribution in [2.24, 2.45) is 0 Å². The maximum atomic E-state index is 12.8. The normalized spacial score (nSPS) is 14.2. The van der Waals surface area contributed by atoms with Crippen molar-refractivity contribution < 1.29 is 19.1 Å². The molecular formula is C13H8FNO3. The standard InChI is InChI=1S/C13H8FNO3/c14-10-3-1-8(2-4-10)11-9(7-16)5-6-15-12(11)13(17)18/h1-6,15H,(H,17,18). The maximum Gasteiger partial charge on any atom is 0.352 e. The van der Waals surface area contributed by atoms with E-state index in [-0.39, 0.29) is 16.8 Å². The average molecular weight is 245 g/mol. The fourth-order valence-electron chi connectivity index (χ4n) is 1.67. The number of aliphatic carboxylic acids is 1. The largest absolute Gasteiger partial charge is 0.477 e. The first kappa shape index (κ1) is 11.8. The van der Waals surface area contributed by atoms with Crippen molar-refractivity contribution >= 4 is 17.5 Å². The predicted octanol–water partition coefficient (Wildman–Crippen LogP) is 1.50. The third kappa shape index (κ3) is 2.07. The maximum absolute atomic E-state index is 12.8. The minimum Gasteiger partial charge on any atom is -0.477 e. The van der Waals surface area contributed by atoms with E-state index in [0.29, 0.717) is 5.56 Å². The minimum absolute atomic E-state index is 0.109. The van der Waals surface area contributed by atoms with Crippen molar-refractivity contribution in [2.75, 3.05) is 0 Å². The van der Waals surface area contributed by atoms with Crippen molar-refractivity contribution in [3.8, 4) is 0 Å². The summed E-state index contributed by atoms with van der Waals surface area (Å²) >= 11 is 0. The Bertz CT molecular complexity index is 608. The zero-order valence-corrected chi connectivity index (χ0v) is 9.11. The van der Waals surface area contributed by atoms with E-state index in [0.717, 1.165) is 0 Å². The molecule has 0 atom stereocenters. The van der Waals surface area contributed by atoms with Crippen LogP contribution in [0.2, 0.25) is 0 Å². The third-order valence-electron chi connectivity index (χ3n) is 2.45. The van der Waals surface area contributed by atoms with Crippen LogP contribution < -0.4 is 5.32 Å². The summed E-state index contributed by atoms with van der Waals surface area (Å²) < 4.78 is 12.8. The second-order valence-corrected chi connectivity index (χ2v) is 3.56. The van der Waals surface area contributed by atoms with Crippen LogP contribution in [0.15, 0.2) is 47.8 Å². The first-order valence-corrected chi connectivity index (χ1v) is 5.05. The molecule has 90 valence electrons. The number of carbonyl (C=O) groups excluding carboxylic acids is 1. The van der Waals surface area contributed by atoms with E-state index < -0.39 is 11.8 Å². The molecule has 0 aliphatic carbocycles. The van der Waals surface area contributed by atoms with Gasteiger partial charge in [0.25, 0.3) is 0 Å². The molecule has 5 heteroatoms. The summed E-state index contributed by atoms with van der Waals surface area (Å²) in [6, 6.07) is 5.21. The van der Waals surface area contributed by atoms with E-state index >= 15 is 0 Å². The SMILES string of the molecule is O=C=C1C=CNC(C(=O)O)=C1c1ccc(F)cc1. The second kappa shape index (κ2) is 4.69. The van der Waals surface area contributed by atoms with E-state index in [1.54, 1.807) is 5.94 Å². The molecule has 1 aromatic rings. The molecule has 2 rings (SSSR count). The van der Waals surface area contributed by atoms with Crippen LogP contribution in [0.4, 0.5) is 4.39 Å². The molecule has 18 heavy (non-hydrogen) atoms. The lowest BCUT2D eigenvalue weighted by Crippen LogP contribution is -2.20. The highest BCUT2D eigenvalue weighted by Crippen LogP contribution is 2.27. The van der Waals surface area contributed by atoms with Crippen LogP contribution >= 0.6 is 0 Å². The van der Waals surface area contributed by atoms with Gasteiger partial charge in [-0.3, -0.25) is 0 Å². The summed E-state index contributed by atoms with van der Waals surface area (Å²) in [4.78, 5) is 21.9. The van der Waals surface area contributed by atoms with E-state index in [2.05, 4.69) is 5.32 Å². The summed E-state index contributed by atoms with van der Waals surface area (Å²) in [6.45, 7) is 0. The smallest absolute Gasteiger partial charge is 0.352 e. The number of allylic oxidation sites excluding steroid dienone is 3. The fraction of sp³-hybridized carbons (Fsp3) is 0. The summed E-state index contributed by atoms with van der Waals surface area (Å²) in [5.41, 5.74) is 0.601. The number of halogens is 1. The van der Waals surface area contributed by atoms with Gasteiger partial charge in [-0.15, -0.1) is 0 Å². The number of hydrogen-bond acceptors (Lipinski definition) is 3. The molecule has 1 aliphatic heterocycles. The third-order valence-corrected chi connectivity index (χ3v) is 2.45. The van der Waals surface area contributed by atoms with Gasteiger partial charge in [0.15, 0.2) is 0 Å². The lowest BCUT2D eigenvalue weighted by Gasteiger charge is -2.15. The van der Waals surface area contributed by atoms with Gasteiger partial charge in [0.2, 0.25) is 0 Å². The monoisotopic (exact) mass is 245 g/mol. The number of carbonyl (C=O) groups is 1. The van der Waals surface area contributed by atoms with Gasteiger partial charge in [0.1, 0.15) is 17.5 Å². The minimum atomic E-state index is -1.20. The topological polar surface area (TPSA) is 66.4 Å². The fourth-order valence-corrected chi connectivity index (χ4v) is 1.67. The molecule has 1 aliphatic rings. The van der Waals surface area contributed by atoms with E-state index in [1.165, 1.54) is 36.5 Å². The number of nitrogens with one attached hydrogen (secondary N) is 1. The van der Waals surface area contributed by atoms with E-state index in [9.17, 15) is 14.0 Å². The van der Waals surface area contributed by atoms with Gasteiger partial charge in [0, 0.05) is 11.8 Å². The van der Waals surface area contributed by atoms with Crippen LogP contribution in [-0.2, 0) is 9.59 Å². The molecule has 1 heterocycles. The number of hydrogen-bond donors (Lipinski definition) is 2. The Morgan fingerprint density at radius 3 is 2.50 bits per heavy atom. The predicted molar refractivity (Wildman–Crippen MR) is 62.4 cm³/mol. The van der Waals surface area contributed by atoms with Crippen molar-refractivity contribution in [3.05, 3.63) is 59.2 Å². The molecule has 0 unspecified atom stereocenters. The lowest BCUT2D eigenvalue weighted by atomic mass is 9.95. The van der Waals surface area contributed by atoms with Crippen molar-refractivity contribution in [1.82, 2.24) is 5.32 Å². The van der Waals surface area contributed by atoms with Gasteiger partial charge in [0.05, 0.1) is 5.57 Å². The van der Waals surface area contributed by atoms with Gasteiger partial charge in [-0.25, -0.2) is 14.0 Å². The Labute approximate surface area is 102 Å². The van der Waals surface area contributed by atoms with Crippen LogP contribution in [0, 0.1) is 5.82 Å². The first-order chi connectivity index (χ1) is 8.63. The molecule has 0 bridgehead atoms. The van der Waals surface area contributed by atoms with Crippen molar-refractivity contribution in [2.45, 2.75) is 0 Å². The van der Waals surface area contributed by atoms with Gasteiger partial charge in [-0.1, -0.05) is 12.1 Å². The quantitative estimate of drug-likeness (QED) is 0.775. The molecular weight excluding hydrogens is 237 g/mol. The number of benzene rings is 1. The molecule has 0 saturated heterocycles. The lowest BCUT2D eigenvalue weighted by molar-refractivity contribution is -0.132. The molecule has 0 amide bonds. The molecule has 4 nitrogen and oxygen atoms in total. The highest BCUT2D eigenvalue weighted by atomic mass is 19.1. The van der Waals surface area contributed by atoms with Gasteiger partial charge in [-0.05, 0) is 23.8 Å². The zero-order chi connectivity index (χ0) is 13.1. The first-order valence-electron chi connectivity index (χ1n) is 5.05. The Morgan fingerprint density at radius 2 is 1.94 bits per heavy atom. The second-order valence-electron chi connectivity index (χ2n) is 3.56. The van der Waals surface area contributed by atoms with Crippen molar-refractivity contribution in [1.29, 1.82) is 0 Å². The van der Waals surface area contributed by atoms with Crippen LogP contribution in [0.5, 0.6) is 0 Å².